The smallest absolute Gasteiger partial charge is 0.230 e. The molecule has 0 unspecified atom stereocenters. The summed E-state index contributed by atoms with van der Waals surface area (Å²) in [5.74, 6) is 0.940. The summed E-state index contributed by atoms with van der Waals surface area (Å²) in [6.45, 7) is 6.04. The number of unbranched alkanes of at least 4 members (excludes halogenated alkanes) is 2. The molecule has 4 nitrogen and oxygen atoms in total. The topological polar surface area (TPSA) is 49.0 Å². The van der Waals surface area contributed by atoms with Crippen LogP contribution in [-0.2, 0) is 11.2 Å². The van der Waals surface area contributed by atoms with Gasteiger partial charge in [0.15, 0.2) is 0 Å². The van der Waals surface area contributed by atoms with Crippen molar-refractivity contribution < 1.29 is 4.79 Å². The van der Waals surface area contributed by atoms with Crippen molar-refractivity contribution in [1.29, 1.82) is 0 Å². The van der Waals surface area contributed by atoms with Crippen LogP contribution < -0.4 is 0 Å². The molecule has 0 aromatic carbocycles. The van der Waals surface area contributed by atoms with E-state index in [-0.39, 0.29) is 5.91 Å². The summed E-state index contributed by atoms with van der Waals surface area (Å²) < 4.78 is 0. The summed E-state index contributed by atoms with van der Waals surface area (Å²) in [4.78, 5) is 21.1. The largest absolute Gasteiger partial charge is 0.348 e. The van der Waals surface area contributed by atoms with Crippen molar-refractivity contribution >= 4 is 5.91 Å². The Morgan fingerprint density at radius 1 is 1.29 bits per heavy atom. The summed E-state index contributed by atoms with van der Waals surface area (Å²) in [5.41, 5.74) is 0. The molecule has 1 aromatic rings. The molecule has 0 fully saturated rings. The molecule has 0 aliphatic heterocycles. The zero-order valence-corrected chi connectivity index (χ0v) is 10.9. The van der Waals surface area contributed by atoms with E-state index in [1.807, 2.05) is 4.90 Å². The molecule has 0 radical (unpaired) electrons. The molecule has 0 aliphatic rings. The molecule has 0 spiro atoms. The number of imidazole rings is 1. The maximum absolute atomic E-state index is 12.1. The minimum absolute atomic E-state index is 0.182. The molecule has 1 N–H and O–H groups in total. The van der Waals surface area contributed by atoms with Gasteiger partial charge in [-0.25, -0.2) is 4.98 Å². The highest BCUT2D eigenvalue weighted by molar-refractivity contribution is 5.77. The lowest BCUT2D eigenvalue weighted by Gasteiger charge is -2.22. The highest BCUT2D eigenvalue weighted by Crippen LogP contribution is 2.03. The molecule has 0 bridgehead atoms. The molecule has 0 saturated heterocycles. The van der Waals surface area contributed by atoms with Gasteiger partial charge in [0.2, 0.25) is 5.91 Å². The first-order valence-electron chi connectivity index (χ1n) is 6.54. The third kappa shape index (κ3) is 5.02. The van der Waals surface area contributed by atoms with Crippen LogP contribution in [0.5, 0.6) is 0 Å². The zero-order chi connectivity index (χ0) is 12.5. The average molecular weight is 237 g/mol. The van der Waals surface area contributed by atoms with Crippen molar-refractivity contribution in [2.45, 2.75) is 46.0 Å². The average Bonchev–Trinajstić information content (AvgIpc) is 2.82. The van der Waals surface area contributed by atoms with Crippen molar-refractivity contribution in [3.05, 3.63) is 18.2 Å². The lowest BCUT2D eigenvalue weighted by molar-refractivity contribution is -0.130. The molecule has 1 aromatic heterocycles. The monoisotopic (exact) mass is 237 g/mol. The fourth-order valence-electron chi connectivity index (χ4n) is 1.71. The van der Waals surface area contributed by atoms with Crippen LogP contribution in [0.3, 0.4) is 0 Å². The van der Waals surface area contributed by atoms with E-state index in [4.69, 9.17) is 0 Å². The first kappa shape index (κ1) is 13.7. The van der Waals surface area contributed by atoms with Crippen LogP contribution in [0.15, 0.2) is 12.4 Å². The van der Waals surface area contributed by atoms with Crippen LogP contribution in [0.25, 0.3) is 0 Å². The molecule has 1 heterocycles. The highest BCUT2D eigenvalue weighted by Gasteiger charge is 2.13. The Kier molecular flexibility index (Phi) is 6.37. The molecule has 4 heteroatoms. The molecule has 0 saturated carbocycles. The van der Waals surface area contributed by atoms with E-state index in [0.29, 0.717) is 6.42 Å². The van der Waals surface area contributed by atoms with Gasteiger partial charge in [0, 0.05) is 25.5 Å². The molecular formula is C13H23N3O. The third-order valence-electron chi connectivity index (χ3n) is 2.79. The Labute approximate surface area is 103 Å². The van der Waals surface area contributed by atoms with Gasteiger partial charge in [0.1, 0.15) is 5.82 Å². The van der Waals surface area contributed by atoms with Crippen molar-refractivity contribution in [3.8, 4) is 0 Å². The van der Waals surface area contributed by atoms with Gasteiger partial charge < -0.3 is 9.88 Å². The fourth-order valence-corrected chi connectivity index (χ4v) is 1.71. The minimum atomic E-state index is 0.182. The molecule has 96 valence electrons. The van der Waals surface area contributed by atoms with E-state index in [0.717, 1.165) is 44.6 Å². The minimum Gasteiger partial charge on any atom is -0.348 e. The SMILES string of the molecule is CCCCN(CCCC)C(=O)Cc1ncc[nH]1. The number of carbonyl (C=O) groups excluding carboxylic acids is 1. The fraction of sp³-hybridized carbons (Fsp3) is 0.692. The number of hydrogen-bond acceptors (Lipinski definition) is 2. The number of H-pyrrole nitrogens is 1. The third-order valence-corrected chi connectivity index (χ3v) is 2.79. The number of carbonyl (C=O) groups is 1. The van der Waals surface area contributed by atoms with Crippen molar-refractivity contribution in [1.82, 2.24) is 14.9 Å². The summed E-state index contributed by atoms with van der Waals surface area (Å²) in [7, 11) is 0. The Morgan fingerprint density at radius 2 is 1.94 bits per heavy atom. The van der Waals surface area contributed by atoms with Crippen LogP contribution in [0.2, 0.25) is 0 Å². The van der Waals surface area contributed by atoms with Crippen LogP contribution in [0, 0.1) is 0 Å². The lowest BCUT2D eigenvalue weighted by atomic mass is 10.2. The van der Waals surface area contributed by atoms with Crippen molar-refractivity contribution in [3.63, 3.8) is 0 Å². The van der Waals surface area contributed by atoms with Gasteiger partial charge in [-0.3, -0.25) is 4.79 Å². The maximum Gasteiger partial charge on any atom is 0.230 e. The summed E-state index contributed by atoms with van der Waals surface area (Å²) in [6, 6.07) is 0. The van der Waals surface area contributed by atoms with E-state index in [9.17, 15) is 4.79 Å². The van der Waals surface area contributed by atoms with Gasteiger partial charge in [-0.15, -0.1) is 0 Å². The van der Waals surface area contributed by atoms with Gasteiger partial charge in [-0.05, 0) is 12.8 Å². The van der Waals surface area contributed by atoms with Crippen LogP contribution in [-0.4, -0.2) is 33.9 Å². The quantitative estimate of drug-likeness (QED) is 0.754. The van der Waals surface area contributed by atoms with Crippen molar-refractivity contribution in [2.75, 3.05) is 13.1 Å². The summed E-state index contributed by atoms with van der Waals surface area (Å²) in [5, 5.41) is 0. The molecule has 0 atom stereocenters. The second-order valence-corrected chi connectivity index (χ2v) is 4.30. The van der Waals surface area contributed by atoms with Gasteiger partial charge in [0.05, 0.1) is 6.42 Å². The number of nitrogens with zero attached hydrogens (tertiary/aromatic N) is 2. The van der Waals surface area contributed by atoms with Gasteiger partial charge >= 0.3 is 0 Å². The van der Waals surface area contributed by atoms with Gasteiger partial charge in [-0.2, -0.15) is 0 Å². The van der Waals surface area contributed by atoms with E-state index >= 15 is 0 Å². The van der Waals surface area contributed by atoms with Gasteiger partial charge in [-0.1, -0.05) is 26.7 Å². The van der Waals surface area contributed by atoms with E-state index in [1.54, 1.807) is 12.4 Å². The standard InChI is InChI=1S/C13H23N3O/c1-3-5-9-16(10-6-4-2)13(17)11-12-14-7-8-15-12/h7-8H,3-6,9-11H2,1-2H3,(H,14,15). The van der Waals surface area contributed by atoms with Gasteiger partial charge in [0.25, 0.3) is 0 Å². The van der Waals surface area contributed by atoms with Crippen molar-refractivity contribution in [2.24, 2.45) is 0 Å². The normalized spacial score (nSPS) is 10.5. The van der Waals surface area contributed by atoms with Crippen LogP contribution in [0.4, 0.5) is 0 Å². The summed E-state index contributed by atoms with van der Waals surface area (Å²) in [6.07, 6.45) is 8.23. The molecule has 17 heavy (non-hydrogen) atoms. The Hall–Kier alpha value is -1.32. The zero-order valence-electron chi connectivity index (χ0n) is 10.9. The van der Waals surface area contributed by atoms with Crippen LogP contribution in [0.1, 0.15) is 45.4 Å². The number of aromatic amines is 1. The maximum atomic E-state index is 12.1. The Morgan fingerprint density at radius 3 is 2.41 bits per heavy atom. The number of aromatic nitrogens is 2. The number of nitrogens with one attached hydrogen (secondary N) is 1. The van der Waals surface area contributed by atoms with Crippen LogP contribution >= 0.6 is 0 Å². The Bertz CT molecular complexity index is 300. The second kappa shape index (κ2) is 7.87. The molecule has 1 amide bonds. The number of hydrogen-bond donors (Lipinski definition) is 1. The van der Waals surface area contributed by atoms with E-state index in [2.05, 4.69) is 23.8 Å². The molecule has 0 aliphatic carbocycles. The lowest BCUT2D eigenvalue weighted by Crippen LogP contribution is -2.34. The summed E-state index contributed by atoms with van der Waals surface area (Å²) >= 11 is 0. The van der Waals surface area contributed by atoms with E-state index < -0.39 is 0 Å². The predicted octanol–water partition coefficient (Wildman–Crippen LogP) is 2.38. The molecular weight excluding hydrogens is 214 g/mol. The number of rotatable bonds is 8. The molecule has 1 rings (SSSR count). The first-order valence-corrected chi connectivity index (χ1v) is 6.54. The predicted molar refractivity (Wildman–Crippen MR) is 68.7 cm³/mol. The van der Waals surface area contributed by atoms with E-state index in [1.165, 1.54) is 0 Å². The highest BCUT2D eigenvalue weighted by atomic mass is 16.2. The second-order valence-electron chi connectivity index (χ2n) is 4.30. The first-order chi connectivity index (χ1) is 8.27. The number of amides is 1. The Balaban J connectivity index is 2.46.